The van der Waals surface area contributed by atoms with Crippen molar-refractivity contribution in [2.24, 2.45) is 0 Å². The normalized spacial score (nSPS) is 16.6. The van der Waals surface area contributed by atoms with Crippen molar-refractivity contribution in [1.29, 1.82) is 0 Å². The molecule has 4 rings (SSSR count). The van der Waals surface area contributed by atoms with Crippen LogP contribution in [0.1, 0.15) is 11.1 Å². The summed E-state index contributed by atoms with van der Waals surface area (Å²) >= 11 is 6.07. The third-order valence-electron chi connectivity index (χ3n) is 4.57. The Morgan fingerprint density at radius 1 is 1.14 bits per heavy atom. The van der Waals surface area contributed by atoms with Gasteiger partial charge in [0, 0.05) is 0 Å². The predicted octanol–water partition coefficient (Wildman–Crippen LogP) is 5.06. The van der Waals surface area contributed by atoms with Crippen LogP contribution >= 0.6 is 11.6 Å². The number of ether oxygens (including phenoxy) is 1. The molecule has 1 heterocycles. The Morgan fingerprint density at radius 3 is 2.82 bits per heavy atom. The van der Waals surface area contributed by atoms with Gasteiger partial charge in [-0.15, -0.1) is 0 Å². The van der Waals surface area contributed by atoms with Gasteiger partial charge in [0.05, 0.1) is 23.9 Å². The van der Waals surface area contributed by atoms with Crippen LogP contribution in [0, 0.1) is 5.82 Å². The molecule has 1 atom stereocenters. The highest BCUT2D eigenvalue weighted by Gasteiger charge is 2.18. The molecule has 28 heavy (non-hydrogen) atoms. The van der Waals surface area contributed by atoms with Gasteiger partial charge in [-0.3, -0.25) is 4.72 Å². The first-order valence-electron chi connectivity index (χ1n) is 8.68. The number of aromatic hydroxyl groups is 1. The first-order valence-corrected chi connectivity index (χ1v) is 10.2. The molecule has 0 radical (unpaired) electrons. The summed E-state index contributed by atoms with van der Waals surface area (Å²) in [5, 5.41) is 10.3. The second kappa shape index (κ2) is 7.91. The van der Waals surface area contributed by atoms with Crippen molar-refractivity contribution in [2.75, 3.05) is 11.3 Å². The summed E-state index contributed by atoms with van der Waals surface area (Å²) in [6.07, 6.45) is 0.681. The van der Waals surface area contributed by atoms with Crippen LogP contribution in [0.25, 0.3) is 11.1 Å². The van der Waals surface area contributed by atoms with E-state index in [0.29, 0.717) is 18.6 Å². The maximum atomic E-state index is 14.4. The zero-order chi connectivity index (χ0) is 19.7. The first-order chi connectivity index (χ1) is 13.5. The van der Waals surface area contributed by atoms with Gasteiger partial charge in [0.1, 0.15) is 10.7 Å². The van der Waals surface area contributed by atoms with E-state index in [-0.39, 0.29) is 28.0 Å². The van der Waals surface area contributed by atoms with Gasteiger partial charge >= 0.3 is 0 Å². The minimum atomic E-state index is -1.91. The van der Waals surface area contributed by atoms with Gasteiger partial charge in [-0.25, -0.2) is 8.60 Å². The molecule has 3 aromatic carbocycles. The molecule has 0 saturated heterocycles. The van der Waals surface area contributed by atoms with E-state index < -0.39 is 16.8 Å². The van der Waals surface area contributed by atoms with Crippen molar-refractivity contribution < 1.29 is 18.4 Å². The Hall–Kier alpha value is -2.41. The van der Waals surface area contributed by atoms with Gasteiger partial charge in [-0.2, -0.15) is 0 Å². The Bertz CT molecular complexity index is 1070. The van der Waals surface area contributed by atoms with E-state index >= 15 is 0 Å². The van der Waals surface area contributed by atoms with Crippen molar-refractivity contribution in [1.82, 2.24) is 0 Å². The Balaban J connectivity index is 1.84. The molecule has 1 unspecified atom stereocenters. The lowest BCUT2D eigenvalue weighted by atomic mass is 9.97. The maximum Gasteiger partial charge on any atom is 0.154 e. The molecule has 144 valence electrons. The molecule has 0 aliphatic carbocycles. The van der Waals surface area contributed by atoms with Gasteiger partial charge < -0.3 is 9.84 Å². The molecule has 0 saturated carbocycles. The molecule has 0 spiro atoms. The number of hydrogen-bond donors (Lipinski definition) is 2. The van der Waals surface area contributed by atoms with Crippen molar-refractivity contribution in [2.45, 2.75) is 17.9 Å². The number of benzene rings is 3. The average Bonchev–Trinajstić information content (AvgIpc) is 2.69. The topological polar surface area (TPSA) is 58.6 Å². The van der Waals surface area contributed by atoms with Crippen molar-refractivity contribution in [3.8, 4) is 16.9 Å². The quantitative estimate of drug-likeness (QED) is 0.537. The number of fused-ring (bicyclic) bond motifs is 6. The molecule has 3 aromatic rings. The summed E-state index contributed by atoms with van der Waals surface area (Å²) in [6.45, 7) is 0.728. The highest BCUT2D eigenvalue weighted by Crippen LogP contribution is 2.34. The molecule has 4 bridgehead atoms. The predicted molar refractivity (Wildman–Crippen MR) is 108 cm³/mol. The summed E-state index contributed by atoms with van der Waals surface area (Å²) < 4.78 is 35.6. The first kappa shape index (κ1) is 18.9. The number of anilines is 1. The van der Waals surface area contributed by atoms with Crippen LogP contribution in [-0.4, -0.2) is 15.9 Å². The summed E-state index contributed by atoms with van der Waals surface area (Å²) in [6, 6.07) is 15.6. The lowest BCUT2D eigenvalue weighted by Crippen LogP contribution is -2.09. The number of rotatable bonds is 0. The molecule has 2 N–H and O–H groups in total. The van der Waals surface area contributed by atoms with Crippen LogP contribution in [0.15, 0.2) is 59.5 Å². The van der Waals surface area contributed by atoms with Gasteiger partial charge in [0.25, 0.3) is 0 Å². The number of halogens is 2. The van der Waals surface area contributed by atoms with Crippen molar-refractivity contribution in [3.63, 3.8) is 0 Å². The largest absolute Gasteiger partial charge is 0.505 e. The SMILES string of the molecule is O=S1Nc2cc(ccc2F)-c2ccccc2CCOCc2cc(Cl)c(O)c1c2. The molecular weight excluding hydrogens is 401 g/mol. The maximum absolute atomic E-state index is 14.4. The van der Waals surface area contributed by atoms with E-state index in [1.54, 1.807) is 24.3 Å². The average molecular weight is 418 g/mol. The highest BCUT2D eigenvalue weighted by molar-refractivity contribution is 7.86. The summed E-state index contributed by atoms with van der Waals surface area (Å²) in [4.78, 5) is 0.0772. The van der Waals surface area contributed by atoms with E-state index in [2.05, 4.69) is 4.72 Å². The van der Waals surface area contributed by atoms with Gasteiger partial charge in [-0.05, 0) is 52.9 Å². The molecule has 0 aromatic heterocycles. The Kier molecular flexibility index (Phi) is 5.35. The monoisotopic (exact) mass is 417 g/mol. The molecule has 4 nitrogen and oxygen atoms in total. The zero-order valence-electron chi connectivity index (χ0n) is 14.7. The highest BCUT2D eigenvalue weighted by atomic mass is 35.5. The van der Waals surface area contributed by atoms with E-state index in [1.807, 2.05) is 24.3 Å². The molecule has 0 amide bonds. The number of hydrogen-bond acceptors (Lipinski definition) is 3. The Morgan fingerprint density at radius 2 is 1.96 bits per heavy atom. The lowest BCUT2D eigenvalue weighted by molar-refractivity contribution is 0.123. The fourth-order valence-electron chi connectivity index (χ4n) is 3.17. The van der Waals surface area contributed by atoms with E-state index in [4.69, 9.17) is 16.3 Å². The van der Waals surface area contributed by atoms with E-state index in [1.165, 1.54) is 6.07 Å². The van der Waals surface area contributed by atoms with Crippen LogP contribution in [0.3, 0.4) is 0 Å². The lowest BCUT2D eigenvalue weighted by Gasteiger charge is -2.15. The van der Waals surface area contributed by atoms with Crippen LogP contribution in [0.4, 0.5) is 10.1 Å². The van der Waals surface area contributed by atoms with Gasteiger partial charge in [0.2, 0.25) is 0 Å². The Labute approximate surface area is 169 Å². The number of phenolic OH excluding ortho intramolecular Hbond substituents is 1. The molecular formula is C21H17ClFNO3S. The third-order valence-corrected chi connectivity index (χ3v) is 5.97. The van der Waals surface area contributed by atoms with Crippen molar-refractivity contribution in [3.05, 3.63) is 76.6 Å². The molecule has 1 aliphatic heterocycles. The van der Waals surface area contributed by atoms with Gasteiger partial charge in [-0.1, -0.05) is 41.9 Å². The smallest absolute Gasteiger partial charge is 0.154 e. The minimum absolute atomic E-state index is 0.0675. The molecule has 0 fully saturated rings. The summed E-state index contributed by atoms with van der Waals surface area (Å²) in [5.74, 6) is -0.836. The number of phenols is 1. The van der Waals surface area contributed by atoms with E-state index in [9.17, 15) is 13.7 Å². The second-order valence-corrected chi connectivity index (χ2v) is 8.04. The van der Waals surface area contributed by atoms with E-state index in [0.717, 1.165) is 16.7 Å². The van der Waals surface area contributed by atoms with Crippen LogP contribution in [0.2, 0.25) is 5.02 Å². The second-order valence-electron chi connectivity index (χ2n) is 6.45. The fourth-order valence-corrected chi connectivity index (χ4v) is 4.48. The number of nitrogens with one attached hydrogen (secondary N) is 1. The summed E-state index contributed by atoms with van der Waals surface area (Å²) in [7, 11) is -1.91. The van der Waals surface area contributed by atoms with Crippen LogP contribution in [0.5, 0.6) is 5.75 Å². The van der Waals surface area contributed by atoms with Crippen LogP contribution < -0.4 is 4.72 Å². The summed E-state index contributed by atoms with van der Waals surface area (Å²) in [5.41, 5.74) is 3.58. The third kappa shape index (κ3) is 3.76. The zero-order valence-corrected chi connectivity index (χ0v) is 16.3. The standard InChI is InChI=1S/C21H17ClFNO3S/c22-17-9-13-10-20(21(17)25)28(26)24-19-11-15(5-6-18(19)23)16-4-2-1-3-14(16)7-8-27-12-13/h1-6,9-11,24-25H,7-8,12H2. The molecule has 1 aliphatic rings. The fraction of sp³-hybridized carbons (Fsp3) is 0.143. The van der Waals surface area contributed by atoms with Crippen molar-refractivity contribution >= 4 is 28.3 Å². The van der Waals surface area contributed by atoms with Crippen LogP contribution in [-0.2, 0) is 28.8 Å². The molecule has 7 heteroatoms. The van der Waals surface area contributed by atoms with Gasteiger partial charge in [0.15, 0.2) is 16.7 Å². The minimum Gasteiger partial charge on any atom is -0.505 e.